The molecule has 1 aromatic carbocycles. The molecule has 2 aromatic rings. The molecule has 0 radical (unpaired) electrons. The number of nitro benzene ring substituents is 1. The standard InChI is InChI=1S/C20H31N7O4/c1-5-26(6-2)17-13-15(27(30)31)7-8-16(17)22-11-9-21-10-12-23-18-14-19(28)25(4)20(29)24(18)3/h7-8,13-14,21-23H,5-6,9-12H2,1-4H3. The quantitative estimate of drug-likeness (QED) is 0.257. The summed E-state index contributed by atoms with van der Waals surface area (Å²) >= 11 is 0. The molecule has 0 aliphatic carbocycles. The van der Waals surface area contributed by atoms with E-state index in [1.165, 1.54) is 23.7 Å². The molecule has 0 aliphatic rings. The summed E-state index contributed by atoms with van der Waals surface area (Å²) in [6.45, 7) is 8.01. The summed E-state index contributed by atoms with van der Waals surface area (Å²) in [6.07, 6.45) is 0. The predicted molar refractivity (Wildman–Crippen MR) is 123 cm³/mol. The van der Waals surface area contributed by atoms with Crippen LogP contribution in [0.15, 0.2) is 33.9 Å². The Bertz CT molecular complexity index is 1010. The molecule has 1 heterocycles. The van der Waals surface area contributed by atoms with Crippen molar-refractivity contribution in [3.05, 3.63) is 55.2 Å². The number of benzene rings is 1. The molecule has 0 spiro atoms. The van der Waals surface area contributed by atoms with Crippen LogP contribution in [0.2, 0.25) is 0 Å². The summed E-state index contributed by atoms with van der Waals surface area (Å²) in [6, 6.07) is 6.23. The number of rotatable bonds is 12. The van der Waals surface area contributed by atoms with Crippen LogP contribution in [0.3, 0.4) is 0 Å². The zero-order valence-corrected chi connectivity index (χ0v) is 18.5. The fourth-order valence-corrected chi connectivity index (χ4v) is 3.20. The van der Waals surface area contributed by atoms with E-state index in [4.69, 9.17) is 0 Å². The van der Waals surface area contributed by atoms with Gasteiger partial charge in [0, 0.05) is 71.6 Å². The normalized spacial score (nSPS) is 10.7. The van der Waals surface area contributed by atoms with Gasteiger partial charge in [0.2, 0.25) is 0 Å². The number of anilines is 3. The highest BCUT2D eigenvalue weighted by Gasteiger charge is 2.14. The first-order chi connectivity index (χ1) is 14.8. The van der Waals surface area contributed by atoms with Crippen LogP contribution in [0.5, 0.6) is 0 Å². The zero-order valence-electron chi connectivity index (χ0n) is 18.5. The maximum Gasteiger partial charge on any atom is 0.332 e. The number of non-ortho nitro benzene ring substituents is 1. The van der Waals surface area contributed by atoms with Crippen LogP contribution in [0.1, 0.15) is 13.8 Å². The molecule has 0 atom stereocenters. The molecule has 11 heteroatoms. The fourth-order valence-electron chi connectivity index (χ4n) is 3.20. The molecule has 3 N–H and O–H groups in total. The second-order valence-electron chi connectivity index (χ2n) is 7.00. The van der Waals surface area contributed by atoms with Gasteiger partial charge in [-0.2, -0.15) is 0 Å². The zero-order chi connectivity index (χ0) is 23.0. The van der Waals surface area contributed by atoms with Crippen molar-refractivity contribution >= 4 is 22.9 Å². The summed E-state index contributed by atoms with van der Waals surface area (Å²) in [5.74, 6) is 0.475. The first-order valence-electron chi connectivity index (χ1n) is 10.3. The van der Waals surface area contributed by atoms with Crippen molar-refractivity contribution in [3.8, 4) is 0 Å². The lowest BCUT2D eigenvalue weighted by Crippen LogP contribution is -2.38. The summed E-state index contributed by atoms with van der Waals surface area (Å²) in [7, 11) is 3.05. The maximum atomic E-state index is 11.9. The monoisotopic (exact) mass is 433 g/mol. The maximum absolute atomic E-state index is 11.9. The fraction of sp³-hybridized carbons (Fsp3) is 0.500. The van der Waals surface area contributed by atoms with Crippen molar-refractivity contribution in [2.75, 3.05) is 54.8 Å². The summed E-state index contributed by atoms with van der Waals surface area (Å²) < 4.78 is 2.45. The van der Waals surface area contributed by atoms with Crippen molar-refractivity contribution < 1.29 is 4.92 Å². The van der Waals surface area contributed by atoms with E-state index in [0.717, 1.165) is 29.0 Å². The summed E-state index contributed by atoms with van der Waals surface area (Å²) in [5, 5.41) is 20.8. The first kappa shape index (κ1) is 23.9. The van der Waals surface area contributed by atoms with Gasteiger partial charge in [0.15, 0.2) is 0 Å². The van der Waals surface area contributed by atoms with E-state index >= 15 is 0 Å². The van der Waals surface area contributed by atoms with E-state index in [-0.39, 0.29) is 21.9 Å². The van der Waals surface area contributed by atoms with Crippen LogP contribution in [0, 0.1) is 10.1 Å². The topological polar surface area (TPSA) is 126 Å². The minimum Gasteiger partial charge on any atom is -0.382 e. The molecule has 2 rings (SSSR count). The highest BCUT2D eigenvalue weighted by molar-refractivity contribution is 5.73. The van der Waals surface area contributed by atoms with Gasteiger partial charge >= 0.3 is 5.69 Å². The van der Waals surface area contributed by atoms with Gasteiger partial charge in [-0.3, -0.25) is 24.0 Å². The van der Waals surface area contributed by atoms with E-state index in [1.807, 2.05) is 13.8 Å². The molecule has 1 aromatic heterocycles. The Morgan fingerprint density at radius 2 is 1.61 bits per heavy atom. The Balaban J connectivity index is 1.85. The molecule has 0 amide bonds. The third-order valence-electron chi connectivity index (χ3n) is 5.05. The first-order valence-corrected chi connectivity index (χ1v) is 10.3. The van der Waals surface area contributed by atoms with Crippen LogP contribution in [0.25, 0.3) is 0 Å². The molecule has 31 heavy (non-hydrogen) atoms. The lowest BCUT2D eigenvalue weighted by atomic mass is 10.2. The van der Waals surface area contributed by atoms with Gasteiger partial charge in [-0.05, 0) is 19.9 Å². The predicted octanol–water partition coefficient (Wildman–Crippen LogP) is 0.952. The molecule has 0 fully saturated rings. The average molecular weight is 434 g/mol. The van der Waals surface area contributed by atoms with Gasteiger partial charge in [0.05, 0.1) is 16.3 Å². The molecule has 0 saturated heterocycles. The number of nitrogens with one attached hydrogen (secondary N) is 3. The van der Waals surface area contributed by atoms with Gasteiger partial charge in [0.25, 0.3) is 11.2 Å². The Morgan fingerprint density at radius 1 is 0.968 bits per heavy atom. The smallest absolute Gasteiger partial charge is 0.332 e. The lowest BCUT2D eigenvalue weighted by molar-refractivity contribution is -0.384. The van der Waals surface area contributed by atoms with E-state index in [0.29, 0.717) is 32.0 Å². The van der Waals surface area contributed by atoms with Crippen molar-refractivity contribution in [2.45, 2.75) is 13.8 Å². The van der Waals surface area contributed by atoms with Gasteiger partial charge in [0.1, 0.15) is 5.82 Å². The molecule has 170 valence electrons. The van der Waals surface area contributed by atoms with Crippen LogP contribution in [0.4, 0.5) is 22.9 Å². The van der Waals surface area contributed by atoms with E-state index < -0.39 is 0 Å². The van der Waals surface area contributed by atoms with E-state index in [1.54, 1.807) is 19.2 Å². The molecule has 0 unspecified atom stereocenters. The lowest BCUT2D eigenvalue weighted by Gasteiger charge is -2.24. The van der Waals surface area contributed by atoms with Crippen molar-refractivity contribution in [1.82, 2.24) is 14.5 Å². The highest BCUT2D eigenvalue weighted by Crippen LogP contribution is 2.30. The Hall–Kier alpha value is -3.34. The Labute approximate surface area is 180 Å². The molecular formula is C20H31N7O4. The molecule has 0 saturated carbocycles. The van der Waals surface area contributed by atoms with Crippen LogP contribution in [-0.2, 0) is 14.1 Å². The molecule has 0 bridgehead atoms. The number of hydrogen-bond acceptors (Lipinski definition) is 8. The third kappa shape index (κ3) is 6.07. The number of hydrogen-bond donors (Lipinski definition) is 3. The average Bonchev–Trinajstić information content (AvgIpc) is 2.76. The minimum atomic E-state index is -0.385. The third-order valence-corrected chi connectivity index (χ3v) is 5.05. The SMILES string of the molecule is CCN(CC)c1cc([N+](=O)[O-])ccc1NCCNCCNc1cc(=O)n(C)c(=O)n1C. The minimum absolute atomic E-state index is 0.0711. The second-order valence-corrected chi connectivity index (χ2v) is 7.00. The number of nitro groups is 1. The van der Waals surface area contributed by atoms with Crippen molar-refractivity contribution in [2.24, 2.45) is 14.1 Å². The molecule has 11 nitrogen and oxygen atoms in total. The number of aromatic nitrogens is 2. The van der Waals surface area contributed by atoms with Crippen LogP contribution in [-0.4, -0.2) is 53.3 Å². The summed E-state index contributed by atoms with van der Waals surface area (Å²) in [4.78, 5) is 36.5. The Kier molecular flexibility index (Phi) is 8.62. The molecular weight excluding hydrogens is 402 g/mol. The second kappa shape index (κ2) is 11.2. The van der Waals surface area contributed by atoms with Crippen molar-refractivity contribution in [3.63, 3.8) is 0 Å². The summed E-state index contributed by atoms with van der Waals surface area (Å²) in [5.41, 5.74) is 1.01. The van der Waals surface area contributed by atoms with E-state index in [9.17, 15) is 19.7 Å². The highest BCUT2D eigenvalue weighted by atomic mass is 16.6. The largest absolute Gasteiger partial charge is 0.382 e. The van der Waals surface area contributed by atoms with E-state index in [2.05, 4.69) is 20.9 Å². The van der Waals surface area contributed by atoms with Gasteiger partial charge in [-0.15, -0.1) is 0 Å². The van der Waals surface area contributed by atoms with Crippen LogP contribution < -0.4 is 32.1 Å². The Morgan fingerprint density at radius 3 is 2.23 bits per heavy atom. The van der Waals surface area contributed by atoms with Gasteiger partial charge < -0.3 is 20.9 Å². The number of nitrogens with zero attached hydrogens (tertiary/aromatic N) is 4. The van der Waals surface area contributed by atoms with Crippen molar-refractivity contribution in [1.29, 1.82) is 0 Å². The molecule has 0 aliphatic heterocycles. The van der Waals surface area contributed by atoms with Gasteiger partial charge in [-0.1, -0.05) is 0 Å². The van der Waals surface area contributed by atoms with Gasteiger partial charge in [-0.25, -0.2) is 4.79 Å². The van der Waals surface area contributed by atoms with Crippen LogP contribution >= 0.6 is 0 Å².